The van der Waals surface area contributed by atoms with Gasteiger partial charge in [-0.05, 0) is 36.4 Å². The second-order valence-electron chi connectivity index (χ2n) is 7.19. The fourth-order valence-corrected chi connectivity index (χ4v) is 3.31. The van der Waals surface area contributed by atoms with Crippen LogP contribution in [0.1, 0.15) is 11.4 Å². The van der Waals surface area contributed by atoms with Gasteiger partial charge >= 0.3 is 6.18 Å². The molecule has 5 aromatic rings. The number of rotatable bonds is 4. The smallest absolute Gasteiger partial charge is 0.334 e. The van der Waals surface area contributed by atoms with Crippen LogP contribution >= 0.6 is 0 Å². The van der Waals surface area contributed by atoms with E-state index in [1.54, 1.807) is 23.0 Å². The Labute approximate surface area is 182 Å². The van der Waals surface area contributed by atoms with E-state index in [0.29, 0.717) is 22.4 Å². The molecule has 1 N–H and O–H groups in total. The van der Waals surface area contributed by atoms with E-state index in [0.717, 1.165) is 18.2 Å². The Morgan fingerprint density at radius 1 is 0.970 bits per heavy atom. The lowest BCUT2D eigenvalue weighted by molar-refractivity contribution is -0.688. The van der Waals surface area contributed by atoms with E-state index < -0.39 is 23.4 Å². The van der Waals surface area contributed by atoms with Crippen molar-refractivity contribution in [1.29, 1.82) is 0 Å². The average molecular weight is 458 g/mol. The molecule has 0 fully saturated rings. The fourth-order valence-electron chi connectivity index (χ4n) is 3.31. The second kappa shape index (κ2) is 7.76. The first-order valence-electron chi connectivity index (χ1n) is 9.61. The molecule has 0 saturated heterocycles. The fraction of sp³-hybridized carbons (Fsp3) is 0.0909. The van der Waals surface area contributed by atoms with E-state index in [4.69, 9.17) is 4.52 Å². The lowest BCUT2D eigenvalue weighted by Gasteiger charge is -2.05. The van der Waals surface area contributed by atoms with Crippen molar-refractivity contribution in [3.05, 3.63) is 83.9 Å². The zero-order valence-electron chi connectivity index (χ0n) is 16.6. The molecule has 166 valence electrons. The largest absolute Gasteiger partial charge is 0.416 e. The number of H-pyrrole nitrogens is 1. The van der Waals surface area contributed by atoms with Gasteiger partial charge in [0.2, 0.25) is 12.4 Å². The van der Waals surface area contributed by atoms with Crippen LogP contribution < -0.4 is 4.57 Å². The maximum Gasteiger partial charge on any atom is 0.416 e. The first-order valence-corrected chi connectivity index (χ1v) is 9.61. The summed E-state index contributed by atoms with van der Waals surface area (Å²) in [5, 5.41) is 3.87. The van der Waals surface area contributed by atoms with Gasteiger partial charge in [0, 0.05) is 11.6 Å². The van der Waals surface area contributed by atoms with Crippen molar-refractivity contribution < 1.29 is 31.0 Å². The van der Waals surface area contributed by atoms with E-state index in [1.165, 1.54) is 24.3 Å². The molecule has 0 spiro atoms. The third-order valence-corrected chi connectivity index (χ3v) is 4.94. The minimum atomic E-state index is -4.43. The standard InChI is InChI=1S/C22H12F5N5O/c23-15-3-1-2-14(19(15)24)20-28-16-8-9-32(10-17(16)29-20)11-18-30-21(33-31-18)12-4-6-13(7-5-12)22(25,26)27/h1-10H,11H2/p+1. The van der Waals surface area contributed by atoms with E-state index in [2.05, 4.69) is 20.1 Å². The minimum Gasteiger partial charge on any atom is -0.334 e. The molecule has 0 amide bonds. The van der Waals surface area contributed by atoms with Crippen molar-refractivity contribution in [3.63, 3.8) is 0 Å². The summed E-state index contributed by atoms with van der Waals surface area (Å²) < 4.78 is 72.7. The third-order valence-electron chi connectivity index (χ3n) is 4.94. The molecule has 2 aromatic carbocycles. The quantitative estimate of drug-likeness (QED) is 0.307. The summed E-state index contributed by atoms with van der Waals surface area (Å²) in [6, 6.07) is 9.94. The number of hydrogen-bond acceptors (Lipinski definition) is 4. The first kappa shape index (κ1) is 20.7. The van der Waals surface area contributed by atoms with Gasteiger partial charge in [-0.1, -0.05) is 11.2 Å². The van der Waals surface area contributed by atoms with Crippen LogP contribution in [0.4, 0.5) is 22.0 Å². The molecule has 0 aliphatic heterocycles. The molecule has 0 aliphatic carbocycles. The Hall–Kier alpha value is -4.15. The van der Waals surface area contributed by atoms with Crippen molar-refractivity contribution in [2.24, 2.45) is 0 Å². The van der Waals surface area contributed by atoms with Crippen LogP contribution in [0.3, 0.4) is 0 Å². The summed E-state index contributed by atoms with van der Waals surface area (Å²) in [5.74, 6) is -1.39. The highest BCUT2D eigenvalue weighted by Gasteiger charge is 2.30. The van der Waals surface area contributed by atoms with Crippen LogP contribution in [0.25, 0.3) is 33.9 Å². The number of halogens is 5. The number of nitrogens with one attached hydrogen (secondary N) is 1. The predicted octanol–water partition coefficient (Wildman–Crippen LogP) is 4.91. The van der Waals surface area contributed by atoms with Crippen LogP contribution in [0.5, 0.6) is 0 Å². The summed E-state index contributed by atoms with van der Waals surface area (Å²) in [6.45, 7) is 0.197. The molecule has 6 nitrogen and oxygen atoms in total. The number of nitrogens with zero attached hydrogens (tertiary/aromatic N) is 4. The van der Waals surface area contributed by atoms with E-state index in [1.807, 2.05) is 0 Å². The number of aromatic nitrogens is 5. The van der Waals surface area contributed by atoms with Gasteiger partial charge in [0.25, 0.3) is 5.89 Å². The number of pyridine rings is 1. The van der Waals surface area contributed by atoms with Crippen molar-refractivity contribution in [2.45, 2.75) is 12.7 Å². The van der Waals surface area contributed by atoms with Crippen LogP contribution in [0, 0.1) is 11.6 Å². The first-order chi connectivity index (χ1) is 15.8. The molecule has 0 radical (unpaired) electrons. The van der Waals surface area contributed by atoms with Gasteiger partial charge in [-0.2, -0.15) is 22.7 Å². The van der Waals surface area contributed by atoms with Crippen LogP contribution in [-0.4, -0.2) is 20.1 Å². The van der Waals surface area contributed by atoms with E-state index in [9.17, 15) is 22.0 Å². The summed E-state index contributed by atoms with van der Waals surface area (Å²) in [5.41, 5.74) is 0.715. The molecule has 3 heterocycles. The third kappa shape index (κ3) is 4.04. The van der Waals surface area contributed by atoms with Gasteiger partial charge in [0.1, 0.15) is 16.9 Å². The highest BCUT2D eigenvalue weighted by molar-refractivity contribution is 5.77. The van der Waals surface area contributed by atoms with E-state index in [-0.39, 0.29) is 23.8 Å². The van der Waals surface area contributed by atoms with Crippen molar-refractivity contribution in [3.8, 4) is 22.8 Å². The Morgan fingerprint density at radius 3 is 2.52 bits per heavy atom. The van der Waals surface area contributed by atoms with Gasteiger partial charge in [0.05, 0.1) is 11.1 Å². The maximum atomic E-state index is 14.1. The summed E-state index contributed by atoms with van der Waals surface area (Å²) in [7, 11) is 0. The Kier molecular flexibility index (Phi) is 4.88. The lowest BCUT2D eigenvalue weighted by atomic mass is 10.1. The van der Waals surface area contributed by atoms with Crippen molar-refractivity contribution >= 4 is 11.0 Å². The van der Waals surface area contributed by atoms with Crippen LogP contribution in [0.2, 0.25) is 0 Å². The minimum absolute atomic E-state index is 0.0112. The molecule has 0 aliphatic rings. The van der Waals surface area contributed by atoms with E-state index >= 15 is 0 Å². The van der Waals surface area contributed by atoms with Crippen molar-refractivity contribution in [1.82, 2.24) is 20.1 Å². The molecule has 0 unspecified atom stereocenters. The average Bonchev–Trinajstić information content (AvgIpc) is 3.42. The Morgan fingerprint density at radius 2 is 1.76 bits per heavy atom. The van der Waals surface area contributed by atoms with Gasteiger partial charge in [-0.25, -0.2) is 13.8 Å². The number of fused-ring (bicyclic) bond motifs is 1. The van der Waals surface area contributed by atoms with Gasteiger partial charge in [-0.3, -0.25) is 0 Å². The number of alkyl halides is 3. The lowest BCUT2D eigenvalue weighted by Crippen LogP contribution is -2.33. The monoisotopic (exact) mass is 458 g/mol. The normalized spacial score (nSPS) is 11.9. The topological polar surface area (TPSA) is 71.5 Å². The predicted molar refractivity (Wildman–Crippen MR) is 105 cm³/mol. The Balaban J connectivity index is 1.38. The summed E-state index contributed by atoms with van der Waals surface area (Å²) in [6.07, 6.45) is -1.04. The molecule has 0 atom stereocenters. The maximum absolute atomic E-state index is 14.1. The molecular weight excluding hydrogens is 445 g/mol. The van der Waals surface area contributed by atoms with Gasteiger partial charge in [-0.15, -0.1) is 0 Å². The van der Waals surface area contributed by atoms with Gasteiger partial charge in [0.15, 0.2) is 24.0 Å². The molecule has 3 aromatic heterocycles. The van der Waals surface area contributed by atoms with Crippen molar-refractivity contribution in [2.75, 3.05) is 0 Å². The Bertz CT molecular complexity index is 1460. The number of aromatic amines is 1. The highest BCUT2D eigenvalue weighted by Crippen LogP contribution is 2.30. The van der Waals surface area contributed by atoms with Crippen LogP contribution in [-0.2, 0) is 12.7 Å². The second-order valence-corrected chi connectivity index (χ2v) is 7.19. The van der Waals surface area contributed by atoms with Gasteiger partial charge < -0.3 is 9.51 Å². The molecule has 33 heavy (non-hydrogen) atoms. The molecule has 5 rings (SSSR count). The highest BCUT2D eigenvalue weighted by atomic mass is 19.4. The molecular formula is C22H13F5N5O+. The zero-order chi connectivity index (χ0) is 23.2. The number of imidazole rings is 1. The SMILES string of the molecule is Fc1cccc(-c2nc3cc[n+](Cc4noc(-c5ccc(C(F)(F)F)cc5)n4)cc3[nH]2)c1F. The molecule has 11 heteroatoms. The van der Waals surface area contributed by atoms with Crippen LogP contribution in [0.15, 0.2) is 65.4 Å². The number of hydrogen-bond donors (Lipinski definition) is 1. The molecule has 0 saturated carbocycles. The number of benzene rings is 2. The zero-order valence-corrected chi connectivity index (χ0v) is 16.6. The summed E-state index contributed by atoms with van der Waals surface area (Å²) >= 11 is 0. The molecule has 0 bridgehead atoms. The summed E-state index contributed by atoms with van der Waals surface area (Å²) in [4.78, 5) is 11.5.